The van der Waals surface area contributed by atoms with Gasteiger partial charge in [0.15, 0.2) is 5.78 Å². The first-order valence-corrected chi connectivity index (χ1v) is 13.6. The Hall–Kier alpha value is -1.14. The Labute approximate surface area is 233 Å². The van der Waals surface area contributed by atoms with E-state index in [1.54, 1.807) is 0 Å². The van der Waals surface area contributed by atoms with Crippen molar-refractivity contribution in [1.29, 1.82) is 0 Å². The minimum absolute atomic E-state index is 0.0358. The fraction of sp³-hybridized carbons (Fsp3) is 0.348. The summed E-state index contributed by atoms with van der Waals surface area (Å²) in [5.74, 6) is -6.68. The quantitative estimate of drug-likeness (QED) is 0.151. The average Bonchev–Trinajstić information content (AvgIpc) is 2.72. The number of ketones is 1. The number of benzene rings is 2. The second-order valence-electron chi connectivity index (χ2n) is 8.13. The molecule has 0 amide bonds. The fourth-order valence-electron chi connectivity index (χ4n) is 3.31. The van der Waals surface area contributed by atoms with Gasteiger partial charge < -0.3 is 0 Å². The van der Waals surface area contributed by atoms with Crippen LogP contribution in [0, 0.1) is 5.92 Å². The van der Waals surface area contributed by atoms with Crippen molar-refractivity contribution in [3.63, 3.8) is 0 Å². The van der Waals surface area contributed by atoms with Crippen molar-refractivity contribution in [2.75, 3.05) is 11.5 Å². The molecule has 2 aromatic carbocycles. The number of Topliss-reactive ketones (excluding diaryl/α,β-unsaturated/α-hetero) is 1. The second kappa shape index (κ2) is 12.8. The first-order valence-electron chi connectivity index (χ1n) is 10.2. The molecular formula is C23H17BrCl3F7O2S. The van der Waals surface area contributed by atoms with E-state index in [1.807, 2.05) is 0 Å². The number of hydrogen-bond donors (Lipinski definition) is 0. The summed E-state index contributed by atoms with van der Waals surface area (Å²) in [7, 11) is -2.20. The molecule has 204 valence electrons. The number of rotatable bonds is 9. The van der Waals surface area contributed by atoms with Gasteiger partial charge in [-0.2, -0.15) is 26.3 Å². The van der Waals surface area contributed by atoms with Gasteiger partial charge in [-0.1, -0.05) is 63.7 Å². The fourth-order valence-corrected chi connectivity index (χ4v) is 5.76. The number of alkyl halides is 6. The summed E-state index contributed by atoms with van der Waals surface area (Å²) in [5, 5.41) is -0.633. The summed E-state index contributed by atoms with van der Waals surface area (Å²) in [6.45, 7) is 1.46. The molecule has 2 aromatic rings. The summed E-state index contributed by atoms with van der Waals surface area (Å²) in [6, 6.07) is 5.22. The van der Waals surface area contributed by atoms with Gasteiger partial charge in [0.05, 0.1) is 15.1 Å². The van der Waals surface area contributed by atoms with Crippen LogP contribution in [0.4, 0.5) is 30.7 Å². The minimum Gasteiger partial charge on any atom is -0.294 e. The van der Waals surface area contributed by atoms with E-state index in [4.69, 9.17) is 34.8 Å². The van der Waals surface area contributed by atoms with Crippen LogP contribution in [-0.4, -0.2) is 33.9 Å². The van der Waals surface area contributed by atoms with E-state index < -0.39 is 57.9 Å². The van der Waals surface area contributed by atoms with Crippen LogP contribution in [0.25, 0.3) is 5.83 Å². The Bertz CT molecular complexity index is 1190. The predicted molar refractivity (Wildman–Crippen MR) is 136 cm³/mol. The molecule has 2 rings (SSSR count). The Morgan fingerprint density at radius 3 is 2.11 bits per heavy atom. The first kappa shape index (κ1) is 32.1. The lowest BCUT2D eigenvalue weighted by molar-refractivity contribution is -0.139. The van der Waals surface area contributed by atoms with Crippen molar-refractivity contribution < 1.29 is 39.7 Å². The highest BCUT2D eigenvalue weighted by Gasteiger charge is 2.40. The van der Waals surface area contributed by atoms with Crippen molar-refractivity contribution in [1.82, 2.24) is 0 Å². The normalized spacial score (nSPS) is 15.4. The maximum Gasteiger partial charge on any atom is 0.400 e. The van der Waals surface area contributed by atoms with Crippen LogP contribution in [-0.2, 0) is 10.8 Å². The molecule has 0 aliphatic heterocycles. The lowest BCUT2D eigenvalue weighted by atomic mass is 9.96. The Balaban J connectivity index is 2.26. The van der Waals surface area contributed by atoms with Gasteiger partial charge in [-0.05, 0) is 41.8 Å². The molecule has 0 N–H and O–H groups in total. The summed E-state index contributed by atoms with van der Waals surface area (Å²) in [4.78, 5) is 12.6. The molecule has 0 radical (unpaired) electrons. The monoisotopic (exact) mass is 674 g/mol. The molecule has 14 heteroatoms. The number of halogens is 11. The lowest BCUT2D eigenvalue weighted by Gasteiger charge is -2.19. The van der Waals surface area contributed by atoms with E-state index in [1.165, 1.54) is 13.0 Å². The predicted octanol–water partition coefficient (Wildman–Crippen LogP) is 9.59. The number of allylic oxidation sites excluding steroid dienone is 1. The molecule has 0 saturated carbocycles. The van der Waals surface area contributed by atoms with Crippen molar-refractivity contribution in [2.45, 2.75) is 31.6 Å². The Kier molecular flexibility index (Phi) is 11.1. The van der Waals surface area contributed by atoms with Gasteiger partial charge in [0.25, 0.3) is 0 Å². The third-order valence-electron chi connectivity index (χ3n) is 4.91. The minimum atomic E-state index is -4.91. The maximum absolute atomic E-state index is 14.9. The van der Waals surface area contributed by atoms with E-state index >= 15 is 0 Å². The molecule has 0 spiro atoms. The molecule has 0 aliphatic rings. The SMILES string of the molecule is C[C@@H](CC(=O)c1ccc(/C(F)=C/C(c2cc(Cl)c(Cl)c(Cl)c2)C(F)(F)F)cc1Br)CS(=O)CC(F)(F)F. The highest BCUT2D eigenvalue weighted by molar-refractivity contribution is 9.10. The van der Waals surface area contributed by atoms with Crippen molar-refractivity contribution >= 4 is 73.1 Å². The highest BCUT2D eigenvalue weighted by atomic mass is 79.9. The van der Waals surface area contributed by atoms with Crippen LogP contribution in [0.5, 0.6) is 0 Å². The van der Waals surface area contributed by atoms with Crippen LogP contribution >= 0.6 is 50.7 Å². The maximum atomic E-state index is 14.9. The zero-order valence-electron chi connectivity index (χ0n) is 18.6. The molecule has 3 atom stereocenters. The summed E-state index contributed by atoms with van der Waals surface area (Å²) >= 11 is 20.5. The molecule has 0 saturated heterocycles. The topological polar surface area (TPSA) is 34.1 Å². The van der Waals surface area contributed by atoms with E-state index in [2.05, 4.69) is 15.9 Å². The zero-order valence-corrected chi connectivity index (χ0v) is 23.3. The van der Waals surface area contributed by atoms with E-state index in [9.17, 15) is 39.7 Å². The molecule has 2 unspecified atom stereocenters. The van der Waals surface area contributed by atoms with Gasteiger partial charge in [0.2, 0.25) is 0 Å². The number of hydrogen-bond acceptors (Lipinski definition) is 2. The van der Waals surface area contributed by atoms with Gasteiger partial charge in [-0.3, -0.25) is 9.00 Å². The zero-order chi connectivity index (χ0) is 28.3. The van der Waals surface area contributed by atoms with Crippen LogP contribution in [0.1, 0.15) is 40.7 Å². The van der Waals surface area contributed by atoms with Crippen molar-refractivity contribution in [2.24, 2.45) is 5.92 Å². The number of carbonyl (C=O) groups excluding carboxylic acids is 1. The van der Waals surface area contributed by atoms with Gasteiger partial charge >= 0.3 is 12.4 Å². The molecular weight excluding hydrogens is 660 g/mol. The molecule has 0 fully saturated rings. The molecule has 0 bridgehead atoms. The van der Waals surface area contributed by atoms with Crippen LogP contribution in [0.2, 0.25) is 15.1 Å². The Morgan fingerprint density at radius 1 is 1.05 bits per heavy atom. The second-order valence-corrected chi connectivity index (χ2v) is 11.7. The molecule has 37 heavy (non-hydrogen) atoms. The van der Waals surface area contributed by atoms with Gasteiger partial charge in [-0.15, -0.1) is 0 Å². The van der Waals surface area contributed by atoms with Crippen LogP contribution < -0.4 is 0 Å². The summed E-state index contributed by atoms with van der Waals surface area (Å²) < 4.78 is 105. The molecule has 0 aromatic heterocycles. The molecule has 0 aliphatic carbocycles. The molecule has 0 heterocycles. The standard InChI is InChI=1S/C23H17BrCl3F7O2S/c1-11(9-37(36)10-22(29,30)31)4-20(35)14-3-2-12(5-16(14)24)19(28)8-15(23(32,33)34)13-6-17(25)21(27)18(26)7-13/h2-3,5-8,11,15H,4,9-10H2,1H3/b19-8-/t11-,15?,37?/m0/s1. The third-order valence-corrected chi connectivity index (χ3v) is 8.35. The van der Waals surface area contributed by atoms with Gasteiger partial charge in [-0.25, -0.2) is 4.39 Å². The molecule has 2 nitrogen and oxygen atoms in total. The van der Waals surface area contributed by atoms with Crippen molar-refractivity contribution in [3.8, 4) is 0 Å². The smallest absolute Gasteiger partial charge is 0.294 e. The lowest BCUT2D eigenvalue weighted by Crippen LogP contribution is -2.23. The highest BCUT2D eigenvalue weighted by Crippen LogP contribution is 2.42. The van der Waals surface area contributed by atoms with E-state index in [0.29, 0.717) is 6.08 Å². The average molecular weight is 677 g/mol. The van der Waals surface area contributed by atoms with E-state index in [-0.39, 0.29) is 42.8 Å². The van der Waals surface area contributed by atoms with Gasteiger partial charge in [0, 0.05) is 38.6 Å². The van der Waals surface area contributed by atoms with Crippen LogP contribution in [0.15, 0.2) is 40.9 Å². The Morgan fingerprint density at radius 2 is 1.62 bits per heavy atom. The first-order chi connectivity index (χ1) is 16.9. The summed E-state index contributed by atoms with van der Waals surface area (Å²) in [5.41, 5.74) is -0.679. The van der Waals surface area contributed by atoms with Crippen molar-refractivity contribution in [3.05, 3.63) is 72.6 Å². The summed E-state index contributed by atoms with van der Waals surface area (Å²) in [6.07, 6.45) is -9.42. The van der Waals surface area contributed by atoms with Crippen LogP contribution in [0.3, 0.4) is 0 Å². The number of carbonyl (C=O) groups is 1. The third kappa shape index (κ3) is 9.53. The largest absolute Gasteiger partial charge is 0.400 e. The van der Waals surface area contributed by atoms with E-state index in [0.717, 1.165) is 24.3 Å². The van der Waals surface area contributed by atoms with Gasteiger partial charge in [0.1, 0.15) is 17.5 Å².